The highest BCUT2D eigenvalue weighted by Gasteiger charge is 2.30. The molecule has 1 heterocycles. The number of carbonyl (C=O) groups excluding carboxylic acids is 1. The highest BCUT2D eigenvalue weighted by atomic mass is 32.2. The van der Waals surface area contributed by atoms with E-state index in [1.165, 1.54) is 6.07 Å². The van der Waals surface area contributed by atoms with Gasteiger partial charge in [-0.05, 0) is 42.5 Å². The molecule has 0 aromatic heterocycles. The molecule has 1 fully saturated rings. The van der Waals surface area contributed by atoms with Gasteiger partial charge in [0.2, 0.25) is 5.91 Å². The van der Waals surface area contributed by atoms with E-state index in [9.17, 15) is 23.1 Å². The van der Waals surface area contributed by atoms with E-state index in [-0.39, 0.29) is 17.4 Å². The van der Waals surface area contributed by atoms with Gasteiger partial charge >= 0.3 is 6.18 Å². The van der Waals surface area contributed by atoms with E-state index >= 15 is 0 Å². The highest BCUT2D eigenvalue weighted by molar-refractivity contribution is 8.00. The smallest absolute Gasteiger partial charge is 0.416 e. The lowest BCUT2D eigenvalue weighted by atomic mass is 10.2. The summed E-state index contributed by atoms with van der Waals surface area (Å²) in [4.78, 5) is 16.7. The molecule has 1 N–H and O–H groups in total. The summed E-state index contributed by atoms with van der Waals surface area (Å²) in [5.74, 6) is 0.238. The van der Waals surface area contributed by atoms with Crippen LogP contribution in [0.4, 0.5) is 18.9 Å². The number of nitrogens with zero attached hydrogens (tertiary/aromatic N) is 2. The molecule has 0 spiro atoms. The van der Waals surface area contributed by atoms with Gasteiger partial charge in [0.15, 0.2) is 0 Å². The first kappa shape index (κ1) is 19.4. The predicted octanol–water partition coefficient (Wildman–Crippen LogP) is 3.85. The Morgan fingerprint density at radius 1 is 1.04 bits per heavy atom. The zero-order valence-corrected chi connectivity index (χ0v) is 15.3. The van der Waals surface area contributed by atoms with Gasteiger partial charge in [-0.25, -0.2) is 0 Å². The molecule has 0 bridgehead atoms. The minimum absolute atomic E-state index is 0.0808. The number of aromatic hydroxyl groups is 1. The Morgan fingerprint density at radius 2 is 1.70 bits per heavy atom. The molecule has 1 aliphatic rings. The maximum absolute atomic E-state index is 12.8. The van der Waals surface area contributed by atoms with Crippen LogP contribution >= 0.6 is 11.8 Å². The van der Waals surface area contributed by atoms with Gasteiger partial charge in [-0.3, -0.25) is 4.79 Å². The van der Waals surface area contributed by atoms with Crippen LogP contribution in [-0.4, -0.2) is 47.8 Å². The van der Waals surface area contributed by atoms with Crippen LogP contribution < -0.4 is 4.90 Å². The fourth-order valence-electron chi connectivity index (χ4n) is 2.88. The van der Waals surface area contributed by atoms with Crippen molar-refractivity contribution in [3.63, 3.8) is 0 Å². The number of hydrogen-bond donors (Lipinski definition) is 1. The van der Waals surface area contributed by atoms with Gasteiger partial charge in [-0.15, -0.1) is 11.8 Å². The van der Waals surface area contributed by atoms with Crippen molar-refractivity contribution in [2.45, 2.75) is 11.1 Å². The fraction of sp³-hybridized carbons (Fsp3) is 0.316. The molecule has 2 aromatic carbocycles. The van der Waals surface area contributed by atoms with E-state index in [4.69, 9.17) is 0 Å². The van der Waals surface area contributed by atoms with Crippen molar-refractivity contribution in [2.75, 3.05) is 36.8 Å². The van der Waals surface area contributed by atoms with Crippen LogP contribution in [0, 0.1) is 0 Å². The maximum Gasteiger partial charge on any atom is 0.416 e. The van der Waals surface area contributed by atoms with Crippen molar-refractivity contribution >= 4 is 23.4 Å². The number of hydrogen-bond acceptors (Lipinski definition) is 4. The third-order valence-electron chi connectivity index (χ3n) is 4.37. The second kappa shape index (κ2) is 8.12. The van der Waals surface area contributed by atoms with Crippen LogP contribution in [0.15, 0.2) is 53.4 Å². The van der Waals surface area contributed by atoms with Crippen molar-refractivity contribution < 1.29 is 23.1 Å². The topological polar surface area (TPSA) is 43.8 Å². The predicted molar refractivity (Wildman–Crippen MR) is 99.1 cm³/mol. The Labute approximate surface area is 159 Å². The largest absolute Gasteiger partial charge is 0.508 e. The molecule has 27 heavy (non-hydrogen) atoms. The number of phenolic OH excluding ortho intramolecular Hbond substituents is 1. The number of amides is 1. The summed E-state index contributed by atoms with van der Waals surface area (Å²) in [5.41, 5.74) is 0.278. The van der Waals surface area contributed by atoms with E-state index in [0.717, 1.165) is 29.6 Å². The monoisotopic (exact) mass is 396 g/mol. The molecular weight excluding hydrogens is 377 g/mol. The summed E-state index contributed by atoms with van der Waals surface area (Å²) in [6, 6.07) is 11.9. The average molecular weight is 396 g/mol. The molecule has 144 valence electrons. The number of thioether (sulfide) groups is 1. The fourth-order valence-corrected chi connectivity index (χ4v) is 3.73. The van der Waals surface area contributed by atoms with Gasteiger partial charge in [-0.2, -0.15) is 13.2 Å². The van der Waals surface area contributed by atoms with Crippen molar-refractivity contribution in [1.82, 2.24) is 4.90 Å². The third kappa shape index (κ3) is 5.09. The molecule has 8 heteroatoms. The van der Waals surface area contributed by atoms with Gasteiger partial charge < -0.3 is 14.9 Å². The van der Waals surface area contributed by atoms with Crippen LogP contribution in [0.2, 0.25) is 0 Å². The zero-order chi connectivity index (χ0) is 19.4. The molecule has 0 aliphatic carbocycles. The van der Waals surface area contributed by atoms with E-state index in [0.29, 0.717) is 31.1 Å². The Morgan fingerprint density at radius 3 is 2.33 bits per heavy atom. The molecule has 1 amide bonds. The summed E-state index contributed by atoms with van der Waals surface area (Å²) in [6.07, 6.45) is -4.38. The molecule has 0 saturated carbocycles. The molecule has 2 aromatic rings. The molecular formula is C19H19F3N2O2S. The standard InChI is InChI=1S/C19H19F3N2O2S/c20-19(21,22)14-2-1-3-17(12-14)27-13-18(26)24-10-8-23(9-11-24)15-4-6-16(25)7-5-15/h1-7,12,25H,8-11,13H2. The van der Waals surface area contributed by atoms with Crippen LogP contribution in [0.25, 0.3) is 0 Å². The van der Waals surface area contributed by atoms with Gasteiger partial charge in [0, 0.05) is 36.8 Å². The number of anilines is 1. The Hall–Kier alpha value is -2.35. The minimum Gasteiger partial charge on any atom is -0.508 e. The molecule has 3 rings (SSSR count). The lowest BCUT2D eigenvalue weighted by Crippen LogP contribution is -2.49. The zero-order valence-electron chi connectivity index (χ0n) is 14.4. The molecule has 4 nitrogen and oxygen atoms in total. The van der Waals surface area contributed by atoms with Crippen LogP contribution in [0.1, 0.15) is 5.56 Å². The van der Waals surface area contributed by atoms with Crippen LogP contribution in [0.5, 0.6) is 5.75 Å². The number of halogens is 3. The van der Waals surface area contributed by atoms with E-state index in [2.05, 4.69) is 4.90 Å². The number of alkyl halides is 3. The second-order valence-corrected chi connectivity index (χ2v) is 7.25. The van der Waals surface area contributed by atoms with Gasteiger partial charge in [0.1, 0.15) is 5.75 Å². The van der Waals surface area contributed by atoms with E-state index in [1.807, 2.05) is 12.1 Å². The summed E-state index contributed by atoms with van der Waals surface area (Å²) in [6.45, 7) is 2.46. The number of benzene rings is 2. The first-order valence-electron chi connectivity index (χ1n) is 8.45. The normalized spacial score (nSPS) is 15.1. The summed E-state index contributed by atoms with van der Waals surface area (Å²) >= 11 is 1.12. The summed E-state index contributed by atoms with van der Waals surface area (Å²) in [5, 5.41) is 9.35. The quantitative estimate of drug-likeness (QED) is 0.798. The maximum atomic E-state index is 12.8. The lowest BCUT2D eigenvalue weighted by Gasteiger charge is -2.36. The van der Waals surface area contributed by atoms with E-state index < -0.39 is 11.7 Å². The number of carbonyl (C=O) groups is 1. The number of rotatable bonds is 4. The second-order valence-electron chi connectivity index (χ2n) is 6.20. The Balaban J connectivity index is 1.51. The first-order chi connectivity index (χ1) is 12.8. The number of piperazine rings is 1. The third-order valence-corrected chi connectivity index (χ3v) is 5.35. The molecule has 1 aliphatic heterocycles. The van der Waals surface area contributed by atoms with Crippen molar-refractivity contribution in [3.8, 4) is 5.75 Å². The van der Waals surface area contributed by atoms with Crippen LogP contribution in [0.3, 0.4) is 0 Å². The van der Waals surface area contributed by atoms with Gasteiger partial charge in [-0.1, -0.05) is 6.07 Å². The molecule has 0 atom stereocenters. The molecule has 0 radical (unpaired) electrons. The summed E-state index contributed by atoms with van der Waals surface area (Å²) in [7, 11) is 0. The first-order valence-corrected chi connectivity index (χ1v) is 9.43. The van der Waals surface area contributed by atoms with Gasteiger partial charge in [0.05, 0.1) is 11.3 Å². The van der Waals surface area contributed by atoms with Crippen molar-refractivity contribution in [1.29, 1.82) is 0 Å². The highest BCUT2D eigenvalue weighted by Crippen LogP contribution is 2.32. The van der Waals surface area contributed by atoms with Gasteiger partial charge in [0.25, 0.3) is 0 Å². The SMILES string of the molecule is O=C(CSc1cccc(C(F)(F)F)c1)N1CCN(c2ccc(O)cc2)CC1. The Bertz CT molecular complexity index is 788. The lowest BCUT2D eigenvalue weighted by molar-refractivity contribution is -0.137. The molecule has 1 saturated heterocycles. The van der Waals surface area contributed by atoms with Crippen LogP contribution in [-0.2, 0) is 11.0 Å². The Kier molecular flexibility index (Phi) is 5.84. The number of phenols is 1. The van der Waals surface area contributed by atoms with E-state index in [1.54, 1.807) is 23.1 Å². The average Bonchev–Trinajstić information content (AvgIpc) is 2.66. The van der Waals surface area contributed by atoms with Crippen molar-refractivity contribution in [3.05, 3.63) is 54.1 Å². The minimum atomic E-state index is -4.38. The van der Waals surface area contributed by atoms with Crippen molar-refractivity contribution in [2.24, 2.45) is 0 Å². The molecule has 0 unspecified atom stereocenters. The summed E-state index contributed by atoms with van der Waals surface area (Å²) < 4.78 is 38.3.